The van der Waals surface area contributed by atoms with E-state index in [0.29, 0.717) is 19.6 Å². The molecule has 0 spiro atoms. The Hall–Kier alpha value is -0.650. The molecule has 2 N–H and O–H groups in total. The molecule has 1 aromatic rings. The lowest BCUT2D eigenvalue weighted by molar-refractivity contribution is -0.0219. The number of aliphatic hydroxyl groups is 1. The van der Waals surface area contributed by atoms with E-state index in [0.717, 1.165) is 42.5 Å². The highest BCUT2D eigenvalue weighted by Crippen LogP contribution is 2.16. The van der Waals surface area contributed by atoms with Gasteiger partial charge in [0.2, 0.25) is 0 Å². The number of nitrogens with zero attached hydrogens (tertiary/aromatic N) is 1. The van der Waals surface area contributed by atoms with Crippen LogP contribution in [-0.4, -0.2) is 55.0 Å². The third kappa shape index (κ3) is 5.57. The Morgan fingerprint density at radius 1 is 1.38 bits per heavy atom. The number of morpholine rings is 1. The minimum Gasteiger partial charge on any atom is -0.388 e. The second kappa shape index (κ2) is 7.56. The number of ether oxygens (including phenoxy) is 1. The molecule has 0 aromatic heterocycles. The van der Waals surface area contributed by atoms with Gasteiger partial charge in [-0.25, -0.2) is 0 Å². The number of hydrogen-bond acceptors (Lipinski definition) is 4. The van der Waals surface area contributed by atoms with Gasteiger partial charge in [0, 0.05) is 37.7 Å². The van der Waals surface area contributed by atoms with E-state index in [9.17, 15) is 5.11 Å². The Bertz CT molecular complexity index is 460. The molecule has 0 saturated carbocycles. The highest BCUT2D eigenvalue weighted by Gasteiger charge is 2.24. The van der Waals surface area contributed by atoms with Crippen molar-refractivity contribution in [2.45, 2.75) is 26.0 Å². The summed E-state index contributed by atoms with van der Waals surface area (Å²) in [7, 11) is 0. The Morgan fingerprint density at radius 2 is 2.10 bits per heavy atom. The van der Waals surface area contributed by atoms with Crippen LogP contribution in [0, 0.1) is 6.92 Å². The van der Waals surface area contributed by atoms with Crippen molar-refractivity contribution in [3.8, 4) is 0 Å². The van der Waals surface area contributed by atoms with Crippen LogP contribution in [0.5, 0.6) is 0 Å². The first kappa shape index (κ1) is 16.7. The summed E-state index contributed by atoms with van der Waals surface area (Å²) in [5.41, 5.74) is 1.47. The van der Waals surface area contributed by atoms with Crippen molar-refractivity contribution >= 4 is 11.6 Å². The van der Waals surface area contributed by atoms with Gasteiger partial charge < -0.3 is 15.2 Å². The number of benzene rings is 1. The molecule has 1 heterocycles. The first-order valence-electron chi connectivity index (χ1n) is 7.44. The zero-order chi connectivity index (χ0) is 15.3. The fourth-order valence-electron chi connectivity index (χ4n) is 2.52. The SMILES string of the molecule is Cc1ccc(CNC[C@@](C)(O)CN2CCOCC2)cc1Cl. The highest BCUT2D eigenvalue weighted by atomic mass is 35.5. The lowest BCUT2D eigenvalue weighted by Crippen LogP contribution is -2.50. The van der Waals surface area contributed by atoms with E-state index in [4.69, 9.17) is 16.3 Å². The van der Waals surface area contributed by atoms with Gasteiger partial charge in [-0.05, 0) is 31.0 Å². The molecule has 0 amide bonds. The van der Waals surface area contributed by atoms with Crippen LogP contribution in [0.2, 0.25) is 5.02 Å². The van der Waals surface area contributed by atoms with Gasteiger partial charge in [0.15, 0.2) is 0 Å². The van der Waals surface area contributed by atoms with Crippen LogP contribution >= 0.6 is 11.6 Å². The van der Waals surface area contributed by atoms with Gasteiger partial charge in [-0.1, -0.05) is 23.7 Å². The third-order valence-corrected chi connectivity index (χ3v) is 4.15. The maximum atomic E-state index is 10.5. The number of aryl methyl sites for hydroxylation is 1. The van der Waals surface area contributed by atoms with Crippen LogP contribution in [0.15, 0.2) is 18.2 Å². The molecule has 4 nitrogen and oxygen atoms in total. The van der Waals surface area contributed by atoms with Gasteiger partial charge >= 0.3 is 0 Å². The van der Waals surface area contributed by atoms with E-state index in [1.54, 1.807) is 0 Å². The normalized spacial score (nSPS) is 19.4. The van der Waals surface area contributed by atoms with Crippen molar-refractivity contribution in [3.63, 3.8) is 0 Å². The Kier molecular flexibility index (Phi) is 6.02. The van der Waals surface area contributed by atoms with Crippen molar-refractivity contribution in [1.82, 2.24) is 10.2 Å². The summed E-state index contributed by atoms with van der Waals surface area (Å²) in [6, 6.07) is 6.05. The largest absolute Gasteiger partial charge is 0.388 e. The molecule has 2 rings (SSSR count). The Balaban J connectivity index is 1.76. The maximum absolute atomic E-state index is 10.5. The molecule has 1 saturated heterocycles. The van der Waals surface area contributed by atoms with E-state index in [1.165, 1.54) is 0 Å². The molecule has 5 heteroatoms. The first-order chi connectivity index (χ1) is 9.96. The van der Waals surface area contributed by atoms with E-state index >= 15 is 0 Å². The molecule has 1 aliphatic heterocycles. The van der Waals surface area contributed by atoms with Crippen molar-refractivity contribution < 1.29 is 9.84 Å². The van der Waals surface area contributed by atoms with Crippen LogP contribution in [0.1, 0.15) is 18.1 Å². The predicted octanol–water partition coefficient (Wildman–Crippen LogP) is 1.82. The molecular weight excluding hydrogens is 288 g/mol. The number of hydrogen-bond donors (Lipinski definition) is 2. The molecule has 0 bridgehead atoms. The molecule has 1 atom stereocenters. The minimum atomic E-state index is -0.744. The average molecular weight is 313 g/mol. The second-order valence-electron chi connectivity index (χ2n) is 6.07. The predicted molar refractivity (Wildman–Crippen MR) is 85.8 cm³/mol. The van der Waals surface area contributed by atoms with Gasteiger partial charge in [0.05, 0.1) is 18.8 Å². The Morgan fingerprint density at radius 3 is 2.76 bits per heavy atom. The van der Waals surface area contributed by atoms with Gasteiger partial charge in [-0.2, -0.15) is 0 Å². The van der Waals surface area contributed by atoms with Crippen LogP contribution in [-0.2, 0) is 11.3 Å². The topological polar surface area (TPSA) is 44.7 Å². The first-order valence-corrected chi connectivity index (χ1v) is 7.82. The van der Waals surface area contributed by atoms with Crippen molar-refractivity contribution in [3.05, 3.63) is 34.3 Å². The van der Waals surface area contributed by atoms with E-state index in [2.05, 4.69) is 16.3 Å². The van der Waals surface area contributed by atoms with Gasteiger partial charge in [-0.3, -0.25) is 4.90 Å². The molecule has 21 heavy (non-hydrogen) atoms. The fourth-order valence-corrected chi connectivity index (χ4v) is 2.72. The summed E-state index contributed by atoms with van der Waals surface area (Å²) in [6.07, 6.45) is 0. The second-order valence-corrected chi connectivity index (χ2v) is 6.48. The summed E-state index contributed by atoms with van der Waals surface area (Å²) < 4.78 is 5.32. The number of halogens is 1. The minimum absolute atomic E-state index is 0.551. The molecule has 1 fully saturated rings. The summed E-state index contributed by atoms with van der Waals surface area (Å²) in [4.78, 5) is 2.24. The number of β-amino-alcohol motifs (C(OH)–C–C–N with tert-alkyl or cyclic N) is 1. The molecule has 118 valence electrons. The molecule has 1 aliphatic rings. The van der Waals surface area contributed by atoms with Gasteiger partial charge in [0.25, 0.3) is 0 Å². The number of rotatable bonds is 6. The fraction of sp³-hybridized carbons (Fsp3) is 0.625. The standard InChI is InChI=1S/C16H25ClN2O2/c1-13-3-4-14(9-15(13)17)10-18-11-16(2,20)12-19-5-7-21-8-6-19/h3-4,9,18,20H,5-8,10-12H2,1-2H3/t16-/m1/s1. The summed E-state index contributed by atoms with van der Waals surface area (Å²) >= 11 is 6.12. The van der Waals surface area contributed by atoms with Crippen molar-refractivity contribution in [1.29, 1.82) is 0 Å². The molecule has 0 unspecified atom stereocenters. The monoisotopic (exact) mass is 312 g/mol. The zero-order valence-corrected chi connectivity index (χ0v) is 13.6. The Labute approximate surface area is 132 Å². The molecule has 0 aliphatic carbocycles. The van der Waals surface area contributed by atoms with Crippen LogP contribution < -0.4 is 5.32 Å². The van der Waals surface area contributed by atoms with Crippen LogP contribution in [0.25, 0.3) is 0 Å². The maximum Gasteiger partial charge on any atom is 0.0869 e. The molecule has 1 aromatic carbocycles. The zero-order valence-electron chi connectivity index (χ0n) is 12.9. The van der Waals surface area contributed by atoms with Crippen LogP contribution in [0.3, 0.4) is 0 Å². The lowest BCUT2D eigenvalue weighted by Gasteiger charge is -2.34. The smallest absolute Gasteiger partial charge is 0.0869 e. The molecule has 0 radical (unpaired) electrons. The lowest BCUT2D eigenvalue weighted by atomic mass is 10.1. The van der Waals surface area contributed by atoms with Gasteiger partial charge in [-0.15, -0.1) is 0 Å². The summed E-state index contributed by atoms with van der Waals surface area (Å²) in [5.74, 6) is 0. The van der Waals surface area contributed by atoms with Crippen molar-refractivity contribution in [2.24, 2.45) is 0 Å². The van der Waals surface area contributed by atoms with Crippen molar-refractivity contribution in [2.75, 3.05) is 39.4 Å². The van der Waals surface area contributed by atoms with E-state index in [1.807, 2.05) is 26.0 Å². The average Bonchev–Trinajstić information content (AvgIpc) is 2.43. The highest BCUT2D eigenvalue weighted by molar-refractivity contribution is 6.31. The third-order valence-electron chi connectivity index (χ3n) is 3.74. The summed E-state index contributed by atoms with van der Waals surface area (Å²) in [5, 5.41) is 14.6. The van der Waals surface area contributed by atoms with Gasteiger partial charge in [0.1, 0.15) is 0 Å². The van der Waals surface area contributed by atoms with E-state index < -0.39 is 5.60 Å². The number of nitrogens with one attached hydrogen (secondary N) is 1. The molecular formula is C16H25ClN2O2. The quantitative estimate of drug-likeness (QED) is 0.841. The van der Waals surface area contributed by atoms with Crippen LogP contribution in [0.4, 0.5) is 0 Å². The summed E-state index contributed by atoms with van der Waals surface area (Å²) in [6.45, 7) is 9.08. The van der Waals surface area contributed by atoms with E-state index in [-0.39, 0.29) is 0 Å².